The van der Waals surface area contributed by atoms with Crippen LogP contribution in [-0.4, -0.2) is 85.2 Å². The fraction of sp³-hybridized carbons (Fsp3) is 0.679. The van der Waals surface area contributed by atoms with Crippen molar-refractivity contribution < 1.29 is 23.7 Å². The van der Waals surface area contributed by atoms with E-state index in [1.165, 1.54) is 19.0 Å². The lowest BCUT2D eigenvalue weighted by atomic mass is 9.99. The monoisotopic (exact) mass is 948 g/mol. The number of unbranched alkanes of at least 4 members (excludes halogenated alkanes) is 3. The first-order chi connectivity index (χ1) is 33.7. The molecule has 0 aromatic carbocycles. The normalized spacial score (nSPS) is 9.06. The molecule has 374 valence electrons. The first kappa shape index (κ1) is 76.3. The molecule has 0 spiro atoms. The molecule has 16 heteroatoms. The predicted octanol–water partition coefficient (Wildman–Crippen LogP) is 11.4. The highest BCUT2D eigenvalue weighted by atomic mass is 16.6. The van der Waals surface area contributed by atoms with Gasteiger partial charge in [-0.2, -0.15) is 36.8 Å². The number of terminal acetylenes is 2. The van der Waals surface area contributed by atoms with Crippen LogP contribution >= 0.6 is 0 Å². The van der Waals surface area contributed by atoms with Gasteiger partial charge >= 0.3 is 0 Å². The summed E-state index contributed by atoms with van der Waals surface area (Å²) in [5.41, 5.74) is 0. The van der Waals surface area contributed by atoms with Gasteiger partial charge in [0.05, 0.1) is 108 Å². The van der Waals surface area contributed by atoms with Gasteiger partial charge in [-0.15, -0.1) is 24.7 Å². The van der Waals surface area contributed by atoms with Crippen LogP contribution in [0, 0.1) is 142 Å². The van der Waals surface area contributed by atoms with Crippen molar-refractivity contribution in [2.45, 2.75) is 143 Å². The minimum atomic E-state index is -0.212. The molecule has 0 aliphatic carbocycles. The van der Waals surface area contributed by atoms with Gasteiger partial charge in [0.1, 0.15) is 18.9 Å². The highest BCUT2D eigenvalue weighted by molar-refractivity contribution is 4.89. The van der Waals surface area contributed by atoms with Crippen molar-refractivity contribution >= 4 is 0 Å². The third-order valence-corrected chi connectivity index (χ3v) is 7.48. The lowest BCUT2D eigenvalue weighted by Gasteiger charge is -2.17. The summed E-state index contributed by atoms with van der Waals surface area (Å²) in [6.07, 6.45) is 25.5. The van der Waals surface area contributed by atoms with E-state index in [4.69, 9.17) is 99.7 Å². The van der Waals surface area contributed by atoms with Crippen molar-refractivity contribution in [3.05, 3.63) is 57.9 Å². The Morgan fingerprint density at radius 1 is 0.478 bits per heavy atom. The van der Waals surface area contributed by atoms with Crippen molar-refractivity contribution in [1.29, 1.82) is 36.8 Å². The number of nitriles is 7. The molecule has 0 fully saturated rings. The minimum absolute atomic E-state index is 0.0120. The Bertz CT molecular complexity index is 1660. The van der Waals surface area contributed by atoms with Crippen LogP contribution in [0.2, 0.25) is 0 Å². The summed E-state index contributed by atoms with van der Waals surface area (Å²) in [6, 6.07) is 14.2. The first-order valence-electron chi connectivity index (χ1n) is 23.1. The highest BCUT2D eigenvalue weighted by Gasteiger charge is 2.10. The summed E-state index contributed by atoms with van der Waals surface area (Å²) in [5, 5.41) is 58.6. The maximum Gasteiger partial charge on any atom is 0.237 e. The topological polar surface area (TPSA) is 230 Å². The number of hydrogen-bond donors (Lipinski definition) is 0. The van der Waals surface area contributed by atoms with Crippen LogP contribution < -0.4 is 0 Å². The summed E-state index contributed by atoms with van der Waals surface area (Å²) < 4.78 is 26.3. The predicted molar refractivity (Wildman–Crippen MR) is 268 cm³/mol. The third-order valence-electron chi connectivity index (χ3n) is 7.48. The summed E-state index contributed by atoms with van der Waals surface area (Å²) in [5.74, 6) is 4.91. The molecule has 0 bridgehead atoms. The molecule has 0 N–H and O–H groups in total. The van der Waals surface area contributed by atoms with E-state index in [2.05, 4.69) is 57.2 Å². The highest BCUT2D eigenvalue weighted by Crippen LogP contribution is 2.13. The van der Waals surface area contributed by atoms with Gasteiger partial charge in [-0.05, 0) is 44.9 Å². The molecule has 0 heterocycles. The Kier molecular flexibility index (Phi) is 93.4. The Morgan fingerprint density at radius 3 is 1.30 bits per heavy atom. The average Bonchev–Trinajstić information content (AvgIpc) is 3.37. The number of rotatable bonds is 31. The largest absolute Gasteiger partial charge is 0.379 e. The SMILES string of the molecule is C#CCCCC(C#N)CCC#N.C#CCCOC(COCCC#N)COCCC#N.N#CCCC(C#N)CCC#N.[C-]#[N+]/C=C/C.[C-]#[N+]CCC.[C-]#[N+]CCCCC.[C-]#[N+]CCOCCOCCC. The molecule has 0 saturated carbocycles. The van der Waals surface area contributed by atoms with Gasteiger partial charge in [0, 0.05) is 63.4 Å². The quantitative estimate of drug-likeness (QED) is 0.0359. The van der Waals surface area contributed by atoms with Gasteiger partial charge in [0.25, 0.3) is 0 Å². The standard InChI is InChI=1S/C13H18N2O3.C10H12N2.C8H9N3.C8H15NO2.C6H11N.C4H7N.C4H5N/c1-2-3-10-18-13(11-16-8-4-6-14)12-17-9-5-7-15;1-2-3-4-6-10(9-12)7-5-8-11;9-5-1-3-8(7-11)4-2-6-10;1-3-5-10-7-8-11-6-4-9-2;1-3-4-5-6-7-2;2*1-3-4-5-2/h1,13H,3-5,8-12H2;1,10H,3-7H2;8H,1-4H2;3-8H2,1H3;3-6H2,1H3;3-4H2,1H3;3-4H,1H3/b;;;;;;4-3+. The molecule has 0 aromatic rings. The third kappa shape index (κ3) is 96.2. The fourth-order valence-corrected chi connectivity index (χ4v) is 4.01. The lowest BCUT2D eigenvalue weighted by molar-refractivity contribution is -0.0569. The van der Waals surface area contributed by atoms with Crippen LogP contribution in [0.3, 0.4) is 0 Å². The van der Waals surface area contributed by atoms with Gasteiger partial charge in [0.15, 0.2) is 0 Å². The molecule has 0 aliphatic rings. The Morgan fingerprint density at radius 2 is 0.957 bits per heavy atom. The van der Waals surface area contributed by atoms with E-state index in [-0.39, 0.29) is 17.9 Å². The molecule has 0 aliphatic heterocycles. The van der Waals surface area contributed by atoms with E-state index in [9.17, 15) is 0 Å². The molecule has 0 rings (SSSR count). The van der Waals surface area contributed by atoms with Crippen LogP contribution in [0.5, 0.6) is 0 Å². The van der Waals surface area contributed by atoms with Crippen molar-refractivity contribution in [3.8, 4) is 67.2 Å². The van der Waals surface area contributed by atoms with Gasteiger partial charge in [-0.3, -0.25) is 0 Å². The Labute approximate surface area is 418 Å². The van der Waals surface area contributed by atoms with Crippen LogP contribution in [0.4, 0.5) is 0 Å². The molecule has 1 unspecified atom stereocenters. The molecular weight excluding hydrogens is 871 g/mol. The van der Waals surface area contributed by atoms with Crippen molar-refractivity contribution in [2.24, 2.45) is 11.8 Å². The molecule has 69 heavy (non-hydrogen) atoms. The fourth-order valence-electron chi connectivity index (χ4n) is 4.01. The van der Waals surface area contributed by atoms with Crippen LogP contribution in [0.1, 0.15) is 137 Å². The maximum atomic E-state index is 8.64. The average molecular weight is 948 g/mol. The smallest absolute Gasteiger partial charge is 0.237 e. The second kappa shape index (κ2) is 84.5. The lowest BCUT2D eigenvalue weighted by Crippen LogP contribution is -2.26. The van der Waals surface area contributed by atoms with Crippen LogP contribution in [-0.2, 0) is 23.7 Å². The van der Waals surface area contributed by atoms with Crippen molar-refractivity contribution in [3.63, 3.8) is 0 Å². The van der Waals surface area contributed by atoms with Gasteiger partial charge in [-0.25, -0.2) is 24.6 Å². The van der Waals surface area contributed by atoms with E-state index < -0.39 is 0 Å². The number of allylic oxidation sites excluding steroid dienone is 1. The minimum Gasteiger partial charge on any atom is -0.379 e. The molecular formula is C53H77N11O5. The van der Waals surface area contributed by atoms with Gasteiger partial charge in [0.2, 0.25) is 19.6 Å². The van der Waals surface area contributed by atoms with E-state index in [1.807, 2.05) is 44.2 Å². The van der Waals surface area contributed by atoms with Crippen LogP contribution in [0.25, 0.3) is 19.4 Å². The second-order valence-corrected chi connectivity index (χ2v) is 13.4. The van der Waals surface area contributed by atoms with E-state index in [0.717, 1.165) is 45.1 Å². The van der Waals surface area contributed by atoms with Crippen molar-refractivity contribution in [1.82, 2.24) is 0 Å². The van der Waals surface area contributed by atoms with Crippen molar-refractivity contribution in [2.75, 3.05) is 79.1 Å². The molecule has 0 radical (unpaired) electrons. The number of hydrogen-bond acceptors (Lipinski definition) is 12. The molecule has 0 saturated heterocycles. The second-order valence-electron chi connectivity index (χ2n) is 13.4. The zero-order valence-corrected chi connectivity index (χ0v) is 42.0. The van der Waals surface area contributed by atoms with E-state index in [0.29, 0.717) is 130 Å². The summed E-state index contributed by atoms with van der Waals surface area (Å²) in [4.78, 5) is 12.4. The zero-order chi connectivity index (χ0) is 53.4. The molecule has 1 atom stereocenters. The van der Waals surface area contributed by atoms with Gasteiger partial charge in [-0.1, -0.05) is 40.2 Å². The Balaban J connectivity index is -0.000000136. The summed E-state index contributed by atoms with van der Waals surface area (Å²) in [7, 11) is 0. The van der Waals surface area contributed by atoms with Gasteiger partial charge < -0.3 is 38.2 Å². The zero-order valence-electron chi connectivity index (χ0n) is 42.0. The summed E-state index contributed by atoms with van der Waals surface area (Å²) >= 11 is 0. The summed E-state index contributed by atoms with van der Waals surface area (Å²) in [6.45, 7) is 39.6. The maximum absolute atomic E-state index is 8.64. The number of ether oxygens (including phenoxy) is 5. The van der Waals surface area contributed by atoms with E-state index in [1.54, 1.807) is 6.08 Å². The first-order valence-corrected chi connectivity index (χ1v) is 23.1. The number of nitrogens with zero attached hydrogens (tertiary/aromatic N) is 11. The Hall–Kier alpha value is -6.95. The van der Waals surface area contributed by atoms with E-state index >= 15 is 0 Å². The molecule has 0 aromatic heterocycles. The molecule has 16 nitrogen and oxygen atoms in total. The van der Waals surface area contributed by atoms with Crippen LogP contribution in [0.15, 0.2) is 12.3 Å². The molecule has 0 amide bonds.